The minimum Gasteiger partial charge on any atom is -0.495 e. The van der Waals surface area contributed by atoms with Gasteiger partial charge in [0.05, 0.1) is 16.6 Å². The SMILES string of the molecule is COc1ccc(N2CC(C)NC(C)C2)cc1NS(=O)(=O)c1cc(C)c(Br)s1. The molecule has 1 aromatic heterocycles. The van der Waals surface area contributed by atoms with Gasteiger partial charge in [-0.1, -0.05) is 0 Å². The van der Waals surface area contributed by atoms with E-state index >= 15 is 0 Å². The Kier molecular flexibility index (Phi) is 6.05. The molecule has 1 saturated heterocycles. The Hall–Kier alpha value is -1.29. The van der Waals surface area contributed by atoms with Crippen molar-refractivity contribution < 1.29 is 13.2 Å². The normalized spacial score (nSPS) is 20.6. The van der Waals surface area contributed by atoms with Crippen molar-refractivity contribution >= 4 is 48.7 Å². The first-order chi connectivity index (χ1) is 12.7. The highest BCUT2D eigenvalue weighted by Gasteiger charge is 2.24. The molecular formula is C18H24BrN3O3S2. The number of sulfonamides is 1. The predicted molar refractivity (Wildman–Crippen MR) is 115 cm³/mol. The highest BCUT2D eigenvalue weighted by Crippen LogP contribution is 2.35. The number of thiophene rings is 1. The Morgan fingerprint density at radius 2 is 1.93 bits per heavy atom. The van der Waals surface area contributed by atoms with Crippen LogP contribution in [0.5, 0.6) is 5.75 Å². The number of hydrogen-bond acceptors (Lipinski definition) is 6. The van der Waals surface area contributed by atoms with E-state index in [0.29, 0.717) is 23.5 Å². The number of rotatable bonds is 5. The van der Waals surface area contributed by atoms with E-state index in [4.69, 9.17) is 4.74 Å². The van der Waals surface area contributed by atoms with Gasteiger partial charge in [-0.2, -0.15) is 0 Å². The van der Waals surface area contributed by atoms with Gasteiger partial charge in [-0.15, -0.1) is 11.3 Å². The summed E-state index contributed by atoms with van der Waals surface area (Å²) in [5.74, 6) is 0.492. The Bertz CT molecular complexity index is 900. The zero-order valence-corrected chi connectivity index (χ0v) is 19.0. The Morgan fingerprint density at radius 1 is 1.26 bits per heavy atom. The highest BCUT2D eigenvalue weighted by molar-refractivity contribution is 9.11. The van der Waals surface area contributed by atoms with Crippen LogP contribution in [0, 0.1) is 6.92 Å². The van der Waals surface area contributed by atoms with E-state index in [1.165, 1.54) is 18.4 Å². The number of hydrogen-bond donors (Lipinski definition) is 2. The lowest BCUT2D eigenvalue weighted by atomic mass is 10.1. The standard InChI is InChI=1S/C18H24BrN3O3S2/c1-11-7-17(26-18(11)19)27(23,24)21-15-8-14(5-6-16(15)25-4)22-9-12(2)20-13(3)10-22/h5-8,12-13,20-21H,9-10H2,1-4H3. The summed E-state index contributed by atoms with van der Waals surface area (Å²) in [6.45, 7) is 7.88. The maximum atomic E-state index is 12.8. The minimum atomic E-state index is -3.69. The van der Waals surface area contributed by atoms with Crippen molar-refractivity contribution in [2.75, 3.05) is 29.8 Å². The number of methoxy groups -OCH3 is 1. The van der Waals surface area contributed by atoms with Crippen LogP contribution in [0.1, 0.15) is 19.4 Å². The van der Waals surface area contributed by atoms with Crippen molar-refractivity contribution in [2.45, 2.75) is 37.1 Å². The summed E-state index contributed by atoms with van der Waals surface area (Å²) < 4.78 is 34.8. The number of anilines is 2. The maximum Gasteiger partial charge on any atom is 0.271 e. The molecule has 1 aromatic carbocycles. The van der Waals surface area contributed by atoms with E-state index in [1.54, 1.807) is 12.1 Å². The second-order valence-corrected chi connectivity index (χ2v) is 11.2. The lowest BCUT2D eigenvalue weighted by Crippen LogP contribution is -2.54. The summed E-state index contributed by atoms with van der Waals surface area (Å²) in [5, 5.41) is 3.50. The van der Waals surface area contributed by atoms with Gasteiger partial charge in [0.2, 0.25) is 0 Å². The molecule has 2 N–H and O–H groups in total. The van der Waals surface area contributed by atoms with Crippen molar-refractivity contribution in [3.63, 3.8) is 0 Å². The molecule has 0 amide bonds. The van der Waals surface area contributed by atoms with Crippen LogP contribution in [0.2, 0.25) is 0 Å². The van der Waals surface area contributed by atoms with Crippen molar-refractivity contribution in [1.29, 1.82) is 0 Å². The van der Waals surface area contributed by atoms with Gasteiger partial charge in [-0.05, 0) is 66.5 Å². The van der Waals surface area contributed by atoms with Gasteiger partial charge >= 0.3 is 0 Å². The Labute approximate surface area is 173 Å². The largest absolute Gasteiger partial charge is 0.495 e. The van der Waals surface area contributed by atoms with E-state index in [-0.39, 0.29) is 4.21 Å². The van der Waals surface area contributed by atoms with E-state index in [0.717, 1.165) is 28.1 Å². The predicted octanol–water partition coefficient (Wildman–Crippen LogP) is 3.82. The summed E-state index contributed by atoms with van der Waals surface area (Å²) in [6, 6.07) is 8.00. The Balaban J connectivity index is 1.92. The lowest BCUT2D eigenvalue weighted by molar-refractivity contribution is 0.406. The molecule has 0 aliphatic carbocycles. The fourth-order valence-corrected chi connectivity index (χ4v) is 6.56. The van der Waals surface area contributed by atoms with Crippen molar-refractivity contribution in [2.24, 2.45) is 0 Å². The van der Waals surface area contributed by atoms with Crippen LogP contribution < -0.4 is 19.7 Å². The van der Waals surface area contributed by atoms with Gasteiger partial charge in [0.15, 0.2) is 0 Å². The van der Waals surface area contributed by atoms with E-state index in [2.05, 4.69) is 44.7 Å². The van der Waals surface area contributed by atoms with Gasteiger partial charge in [-0.25, -0.2) is 8.42 Å². The minimum absolute atomic E-state index is 0.267. The van der Waals surface area contributed by atoms with Crippen molar-refractivity contribution in [1.82, 2.24) is 5.32 Å². The monoisotopic (exact) mass is 473 g/mol. The zero-order valence-electron chi connectivity index (χ0n) is 15.7. The quantitative estimate of drug-likeness (QED) is 0.690. The second-order valence-electron chi connectivity index (χ2n) is 6.89. The third-order valence-electron chi connectivity index (χ3n) is 4.45. The zero-order chi connectivity index (χ0) is 19.8. The van der Waals surface area contributed by atoms with Gasteiger partial charge in [0.25, 0.3) is 10.0 Å². The van der Waals surface area contributed by atoms with E-state index in [9.17, 15) is 8.42 Å². The number of benzene rings is 1. The summed E-state index contributed by atoms with van der Waals surface area (Å²) in [7, 11) is -2.15. The third kappa shape index (κ3) is 4.59. The summed E-state index contributed by atoms with van der Waals surface area (Å²) in [5.41, 5.74) is 2.30. The molecular weight excluding hydrogens is 450 g/mol. The molecule has 2 atom stereocenters. The molecule has 0 saturated carbocycles. The van der Waals surface area contributed by atoms with Gasteiger partial charge < -0.3 is 15.0 Å². The van der Waals surface area contributed by atoms with Crippen LogP contribution in [-0.4, -0.2) is 40.7 Å². The van der Waals surface area contributed by atoms with Crippen molar-refractivity contribution in [3.8, 4) is 5.75 Å². The lowest BCUT2D eigenvalue weighted by Gasteiger charge is -2.38. The fourth-order valence-electron chi connectivity index (χ4n) is 3.27. The molecule has 2 unspecified atom stereocenters. The van der Waals surface area contributed by atoms with Gasteiger partial charge in [0, 0.05) is 30.9 Å². The first kappa shape index (κ1) is 20.4. The smallest absolute Gasteiger partial charge is 0.271 e. The molecule has 6 nitrogen and oxygen atoms in total. The first-order valence-corrected chi connectivity index (χ1v) is 11.8. The van der Waals surface area contributed by atoms with Crippen LogP contribution in [-0.2, 0) is 10.0 Å². The molecule has 27 heavy (non-hydrogen) atoms. The molecule has 1 aliphatic heterocycles. The molecule has 0 radical (unpaired) electrons. The molecule has 2 heterocycles. The van der Waals surface area contributed by atoms with Crippen LogP contribution >= 0.6 is 27.3 Å². The number of nitrogens with one attached hydrogen (secondary N) is 2. The van der Waals surface area contributed by atoms with Crippen molar-refractivity contribution in [3.05, 3.63) is 33.6 Å². The number of aryl methyl sites for hydroxylation is 1. The Morgan fingerprint density at radius 3 is 2.48 bits per heavy atom. The second kappa shape index (κ2) is 7.98. The van der Waals surface area contributed by atoms with Gasteiger partial charge in [0.1, 0.15) is 9.96 Å². The highest BCUT2D eigenvalue weighted by atomic mass is 79.9. The third-order valence-corrected chi connectivity index (χ3v) is 8.43. The molecule has 0 bridgehead atoms. The number of ether oxygens (including phenoxy) is 1. The molecule has 148 valence electrons. The van der Waals surface area contributed by atoms with Crippen LogP contribution in [0.3, 0.4) is 0 Å². The first-order valence-electron chi connectivity index (χ1n) is 8.67. The molecule has 9 heteroatoms. The maximum absolute atomic E-state index is 12.8. The molecule has 1 fully saturated rings. The number of piperazine rings is 1. The van der Waals surface area contributed by atoms with Gasteiger partial charge in [-0.3, -0.25) is 4.72 Å². The number of halogens is 1. The molecule has 1 aliphatic rings. The molecule has 0 spiro atoms. The average Bonchev–Trinajstić information content (AvgIpc) is 2.93. The van der Waals surface area contributed by atoms with Crippen LogP contribution in [0.15, 0.2) is 32.3 Å². The summed E-state index contributed by atoms with van der Waals surface area (Å²) in [4.78, 5) is 2.26. The van der Waals surface area contributed by atoms with Crippen LogP contribution in [0.4, 0.5) is 11.4 Å². The topological polar surface area (TPSA) is 70.7 Å². The summed E-state index contributed by atoms with van der Waals surface area (Å²) >= 11 is 4.58. The van der Waals surface area contributed by atoms with E-state index < -0.39 is 10.0 Å². The fraction of sp³-hybridized carbons (Fsp3) is 0.444. The molecule has 2 aromatic rings. The van der Waals surface area contributed by atoms with Crippen LogP contribution in [0.25, 0.3) is 0 Å². The summed E-state index contributed by atoms with van der Waals surface area (Å²) in [6.07, 6.45) is 0. The average molecular weight is 474 g/mol. The van der Waals surface area contributed by atoms with E-state index in [1.807, 2.05) is 19.1 Å². The number of nitrogens with zero attached hydrogens (tertiary/aromatic N) is 1. The molecule has 3 rings (SSSR count).